The molecule has 0 bridgehead atoms. The van der Waals surface area contributed by atoms with Crippen LogP contribution in [0.15, 0.2) is 40.9 Å². The molecule has 0 unspecified atom stereocenters. The molecular formula is C21H24ClN3O3. The Morgan fingerprint density at radius 1 is 1.25 bits per heavy atom. The molecule has 0 fully saturated rings. The van der Waals surface area contributed by atoms with Gasteiger partial charge in [-0.05, 0) is 56.0 Å². The Labute approximate surface area is 169 Å². The summed E-state index contributed by atoms with van der Waals surface area (Å²) in [5.74, 6) is 1.47. The molecule has 148 valence electrons. The van der Waals surface area contributed by atoms with Gasteiger partial charge in [-0.1, -0.05) is 35.0 Å². The maximum absolute atomic E-state index is 9.20. The molecule has 1 heterocycles. The van der Waals surface area contributed by atoms with E-state index in [0.29, 0.717) is 47.4 Å². The molecule has 0 amide bonds. The number of rotatable bonds is 8. The molecule has 28 heavy (non-hydrogen) atoms. The first-order valence-corrected chi connectivity index (χ1v) is 9.63. The van der Waals surface area contributed by atoms with Crippen molar-refractivity contribution in [3.63, 3.8) is 0 Å². The normalized spacial score (nSPS) is 11.2. The van der Waals surface area contributed by atoms with E-state index in [4.69, 9.17) is 26.6 Å². The van der Waals surface area contributed by atoms with E-state index < -0.39 is 0 Å². The number of nitrogens with zero attached hydrogens (tertiary/aromatic N) is 2. The molecule has 6 nitrogen and oxygen atoms in total. The average molecular weight is 402 g/mol. The molecule has 0 saturated carbocycles. The van der Waals surface area contributed by atoms with Crippen molar-refractivity contribution in [2.24, 2.45) is 5.73 Å². The number of nitrogens with two attached hydrogens (primary N) is 1. The highest BCUT2D eigenvalue weighted by atomic mass is 35.5. The minimum atomic E-state index is 0.0329. The maximum atomic E-state index is 9.20. The molecule has 7 heteroatoms. The van der Waals surface area contributed by atoms with Crippen molar-refractivity contribution in [3.05, 3.63) is 52.5 Å². The van der Waals surface area contributed by atoms with E-state index in [0.717, 1.165) is 16.7 Å². The van der Waals surface area contributed by atoms with Crippen molar-refractivity contribution in [2.45, 2.75) is 39.3 Å². The largest absolute Gasteiger partial charge is 0.489 e. The molecular weight excluding hydrogens is 378 g/mol. The van der Waals surface area contributed by atoms with Gasteiger partial charge in [-0.3, -0.25) is 0 Å². The van der Waals surface area contributed by atoms with Gasteiger partial charge in [0.05, 0.1) is 11.1 Å². The number of aliphatic hydroxyl groups excluding tert-OH is 1. The van der Waals surface area contributed by atoms with Crippen molar-refractivity contribution >= 4 is 11.6 Å². The van der Waals surface area contributed by atoms with Gasteiger partial charge in [0.25, 0.3) is 5.89 Å². The quantitative estimate of drug-likeness (QED) is 0.586. The fraction of sp³-hybridized carbons (Fsp3) is 0.333. The number of ether oxygens (including phenoxy) is 1. The van der Waals surface area contributed by atoms with Gasteiger partial charge in [0.2, 0.25) is 5.82 Å². The van der Waals surface area contributed by atoms with Crippen LogP contribution in [0.25, 0.3) is 22.8 Å². The fourth-order valence-corrected chi connectivity index (χ4v) is 3.25. The second-order valence-electron chi connectivity index (χ2n) is 6.71. The van der Waals surface area contributed by atoms with Gasteiger partial charge >= 0.3 is 0 Å². The molecule has 0 aliphatic rings. The van der Waals surface area contributed by atoms with Crippen molar-refractivity contribution in [3.8, 4) is 28.6 Å². The van der Waals surface area contributed by atoms with Gasteiger partial charge in [-0.15, -0.1) is 0 Å². The molecule has 0 atom stereocenters. The molecule has 0 aliphatic carbocycles. The van der Waals surface area contributed by atoms with Gasteiger partial charge in [0.1, 0.15) is 5.75 Å². The molecule has 0 aliphatic heterocycles. The zero-order valence-electron chi connectivity index (χ0n) is 16.0. The van der Waals surface area contributed by atoms with E-state index >= 15 is 0 Å². The Hall–Kier alpha value is -2.41. The number of halogens is 1. The lowest BCUT2D eigenvalue weighted by molar-refractivity contribution is 0.242. The summed E-state index contributed by atoms with van der Waals surface area (Å²) in [6.07, 6.45) is 1.36. The van der Waals surface area contributed by atoms with Crippen LogP contribution < -0.4 is 10.5 Å². The minimum Gasteiger partial charge on any atom is -0.489 e. The maximum Gasteiger partial charge on any atom is 0.258 e. The first-order chi connectivity index (χ1) is 13.5. The van der Waals surface area contributed by atoms with Crippen LogP contribution in [0.2, 0.25) is 5.02 Å². The second kappa shape index (κ2) is 9.19. The number of aliphatic hydroxyl groups is 1. The van der Waals surface area contributed by atoms with Crippen molar-refractivity contribution < 1.29 is 14.4 Å². The molecule has 3 aromatic rings. The summed E-state index contributed by atoms with van der Waals surface area (Å²) in [5.41, 5.74) is 9.49. The molecule has 3 rings (SSSR count). The third kappa shape index (κ3) is 4.52. The number of aromatic nitrogens is 2. The third-order valence-electron chi connectivity index (χ3n) is 4.29. The van der Waals surface area contributed by atoms with Gasteiger partial charge in [-0.2, -0.15) is 4.98 Å². The zero-order valence-corrected chi connectivity index (χ0v) is 16.7. The van der Waals surface area contributed by atoms with Crippen LogP contribution in [0.5, 0.6) is 5.75 Å². The zero-order chi connectivity index (χ0) is 20.1. The average Bonchev–Trinajstić information content (AvgIpc) is 3.17. The highest BCUT2D eigenvalue weighted by molar-refractivity contribution is 6.32. The van der Waals surface area contributed by atoms with Gasteiger partial charge in [-0.25, -0.2) is 0 Å². The van der Waals surface area contributed by atoms with Crippen LogP contribution >= 0.6 is 11.6 Å². The molecule has 0 radical (unpaired) electrons. The first kappa shape index (κ1) is 20.3. The fourth-order valence-electron chi connectivity index (χ4n) is 3.02. The van der Waals surface area contributed by atoms with Crippen LogP contribution in [0.3, 0.4) is 0 Å². The standard InChI is InChI=1S/C21H24ClN3O3/c1-13(2)27-19-9-8-14(11-18(19)22)21-24-20(25-28-21)17-6-3-5-15(12-23)16(17)7-4-10-26/h3,5-6,8-9,11,13,26H,4,7,10,12,23H2,1-2H3. The van der Waals surface area contributed by atoms with Crippen LogP contribution in [-0.4, -0.2) is 28.0 Å². The van der Waals surface area contributed by atoms with Crippen LogP contribution in [0.4, 0.5) is 0 Å². The number of hydrogen-bond acceptors (Lipinski definition) is 6. The molecule has 1 aromatic heterocycles. The number of hydrogen-bond donors (Lipinski definition) is 2. The summed E-state index contributed by atoms with van der Waals surface area (Å²) in [6.45, 7) is 4.40. The number of benzene rings is 2. The summed E-state index contributed by atoms with van der Waals surface area (Å²) in [7, 11) is 0. The molecule has 0 spiro atoms. The first-order valence-electron chi connectivity index (χ1n) is 9.25. The second-order valence-corrected chi connectivity index (χ2v) is 7.12. The lowest BCUT2D eigenvalue weighted by Crippen LogP contribution is -2.05. The Morgan fingerprint density at radius 2 is 2.07 bits per heavy atom. The molecule has 2 aromatic carbocycles. The van der Waals surface area contributed by atoms with E-state index in [1.165, 1.54) is 0 Å². The highest BCUT2D eigenvalue weighted by Gasteiger charge is 2.17. The molecule has 0 saturated heterocycles. The van der Waals surface area contributed by atoms with Crippen LogP contribution in [0.1, 0.15) is 31.4 Å². The van der Waals surface area contributed by atoms with E-state index in [-0.39, 0.29) is 12.7 Å². The smallest absolute Gasteiger partial charge is 0.258 e. The predicted molar refractivity (Wildman–Crippen MR) is 109 cm³/mol. The van der Waals surface area contributed by atoms with E-state index in [2.05, 4.69) is 10.1 Å². The Morgan fingerprint density at radius 3 is 2.75 bits per heavy atom. The highest BCUT2D eigenvalue weighted by Crippen LogP contribution is 2.32. The van der Waals surface area contributed by atoms with Crippen LogP contribution in [-0.2, 0) is 13.0 Å². The van der Waals surface area contributed by atoms with E-state index in [1.54, 1.807) is 12.1 Å². The summed E-state index contributed by atoms with van der Waals surface area (Å²) in [6, 6.07) is 11.2. The summed E-state index contributed by atoms with van der Waals surface area (Å²) >= 11 is 6.32. The predicted octanol–water partition coefficient (Wildman–Crippen LogP) is 4.23. The SMILES string of the molecule is CC(C)Oc1ccc(-c2nc(-c3cccc(CN)c3CCCO)no2)cc1Cl. The Bertz CT molecular complexity index is 940. The van der Waals surface area contributed by atoms with Crippen LogP contribution in [0, 0.1) is 0 Å². The summed E-state index contributed by atoms with van der Waals surface area (Å²) in [4.78, 5) is 4.55. The van der Waals surface area contributed by atoms with Crippen molar-refractivity contribution in [2.75, 3.05) is 6.61 Å². The summed E-state index contributed by atoms with van der Waals surface area (Å²) in [5, 5.41) is 13.8. The summed E-state index contributed by atoms with van der Waals surface area (Å²) < 4.78 is 11.1. The topological polar surface area (TPSA) is 94.4 Å². The Balaban J connectivity index is 1.94. The minimum absolute atomic E-state index is 0.0329. The van der Waals surface area contributed by atoms with E-state index in [1.807, 2.05) is 38.1 Å². The lowest BCUT2D eigenvalue weighted by atomic mass is 9.96. The van der Waals surface area contributed by atoms with Gasteiger partial charge in [0.15, 0.2) is 0 Å². The van der Waals surface area contributed by atoms with Gasteiger partial charge in [0, 0.05) is 24.3 Å². The van der Waals surface area contributed by atoms with E-state index in [9.17, 15) is 5.11 Å². The van der Waals surface area contributed by atoms with Crippen molar-refractivity contribution in [1.29, 1.82) is 0 Å². The third-order valence-corrected chi connectivity index (χ3v) is 4.58. The van der Waals surface area contributed by atoms with Crippen molar-refractivity contribution in [1.82, 2.24) is 10.1 Å². The Kier molecular flexibility index (Phi) is 6.67. The monoisotopic (exact) mass is 401 g/mol. The van der Waals surface area contributed by atoms with Gasteiger partial charge < -0.3 is 20.1 Å². The molecule has 3 N–H and O–H groups in total. The lowest BCUT2D eigenvalue weighted by Gasteiger charge is -2.11.